The number of aryl methyl sites for hydroxylation is 1. The molecule has 0 bridgehead atoms. The van der Waals surface area contributed by atoms with Crippen molar-refractivity contribution in [2.24, 2.45) is 0 Å². The summed E-state index contributed by atoms with van der Waals surface area (Å²) in [5.74, 6) is -0.411. The molecule has 0 aliphatic carbocycles. The van der Waals surface area contributed by atoms with Crippen LogP contribution in [-0.4, -0.2) is 43.1 Å². The van der Waals surface area contributed by atoms with Crippen molar-refractivity contribution in [3.63, 3.8) is 0 Å². The lowest BCUT2D eigenvalue weighted by Gasteiger charge is -2.23. The van der Waals surface area contributed by atoms with Crippen LogP contribution in [0.25, 0.3) is 9.88 Å². The number of hydrogen-bond acceptors (Lipinski definition) is 8. The number of nitrogens with one attached hydrogen (secondary N) is 3. The second-order valence-electron chi connectivity index (χ2n) is 8.93. The first-order valence-corrected chi connectivity index (χ1v) is 15.3. The molecule has 2 atom stereocenters. The highest BCUT2D eigenvalue weighted by Gasteiger charge is 2.26. The molecule has 1 unspecified atom stereocenters. The van der Waals surface area contributed by atoms with Crippen molar-refractivity contribution in [3.05, 3.63) is 93.8 Å². The summed E-state index contributed by atoms with van der Waals surface area (Å²) in [5.41, 5.74) is 3.60. The van der Waals surface area contributed by atoms with Gasteiger partial charge in [-0.1, -0.05) is 42.5 Å². The van der Waals surface area contributed by atoms with Gasteiger partial charge in [0, 0.05) is 11.8 Å². The van der Waals surface area contributed by atoms with Crippen LogP contribution in [0, 0.1) is 6.92 Å². The number of hydrogen-bond donors (Lipinski definition) is 4. The Morgan fingerprint density at radius 1 is 0.975 bits per heavy atom. The fourth-order valence-electron chi connectivity index (χ4n) is 4.00. The Labute approximate surface area is 240 Å². The number of thiazole rings is 1. The molecule has 40 heavy (non-hydrogen) atoms. The lowest BCUT2D eigenvalue weighted by Crippen LogP contribution is -2.49. The summed E-state index contributed by atoms with van der Waals surface area (Å²) in [4.78, 5) is 31.5. The van der Waals surface area contributed by atoms with Gasteiger partial charge < -0.3 is 15.4 Å². The number of carbonyl (C=O) groups excluding carboxylic acids is 2. The maximum absolute atomic E-state index is 13.6. The van der Waals surface area contributed by atoms with Crippen molar-refractivity contribution in [2.75, 3.05) is 11.8 Å². The van der Waals surface area contributed by atoms with Crippen molar-refractivity contribution in [3.8, 4) is 9.88 Å². The van der Waals surface area contributed by atoms with Crippen LogP contribution in [0.1, 0.15) is 28.4 Å². The molecule has 2 heterocycles. The van der Waals surface area contributed by atoms with Crippen molar-refractivity contribution in [1.82, 2.24) is 15.6 Å². The molecule has 0 spiro atoms. The number of amides is 2. The van der Waals surface area contributed by atoms with E-state index in [9.17, 15) is 18.0 Å². The third kappa shape index (κ3) is 8.11. The highest BCUT2D eigenvalue weighted by atomic mass is 32.2. The van der Waals surface area contributed by atoms with Crippen LogP contribution in [-0.2, 0) is 32.7 Å². The molecule has 4 N–H and O–H groups in total. The molecular weight excluding hydrogens is 573 g/mol. The average Bonchev–Trinajstić information content (AvgIpc) is 3.57. The van der Waals surface area contributed by atoms with Gasteiger partial charge >= 0.3 is 16.4 Å². The largest absolute Gasteiger partial charge is 0.453 e. The van der Waals surface area contributed by atoms with Gasteiger partial charge in [-0.15, -0.1) is 22.7 Å². The number of thiophene rings is 1. The summed E-state index contributed by atoms with van der Waals surface area (Å²) < 4.78 is 38.1. The summed E-state index contributed by atoms with van der Waals surface area (Å²) >= 11 is 3.07. The van der Waals surface area contributed by atoms with Crippen LogP contribution >= 0.6 is 22.7 Å². The molecule has 210 valence electrons. The average molecular weight is 601 g/mol. The lowest BCUT2D eigenvalue weighted by molar-refractivity contribution is -0.123. The van der Waals surface area contributed by atoms with Gasteiger partial charge in [0.05, 0.1) is 29.4 Å². The highest BCUT2D eigenvalue weighted by Crippen LogP contribution is 2.33. The van der Waals surface area contributed by atoms with Crippen LogP contribution in [0.2, 0.25) is 0 Å². The molecule has 0 aliphatic heterocycles. The monoisotopic (exact) mass is 600 g/mol. The Morgan fingerprint density at radius 3 is 2.30 bits per heavy atom. The van der Waals surface area contributed by atoms with E-state index in [1.165, 1.54) is 30.6 Å². The minimum Gasteiger partial charge on any atom is -0.453 e. The van der Waals surface area contributed by atoms with Crippen LogP contribution in [0.5, 0.6) is 0 Å². The third-order valence-electron chi connectivity index (χ3n) is 5.97. The van der Waals surface area contributed by atoms with E-state index in [4.69, 9.17) is 14.3 Å². The number of anilines is 1. The van der Waals surface area contributed by atoms with Gasteiger partial charge in [0.2, 0.25) is 5.91 Å². The number of benzene rings is 2. The molecule has 4 aromatic rings. The van der Waals surface area contributed by atoms with Crippen molar-refractivity contribution in [1.29, 1.82) is 0 Å². The normalized spacial score (nSPS) is 12.8. The first kappa shape index (κ1) is 29.2. The third-order valence-corrected chi connectivity index (χ3v) is 8.49. The SMILES string of the molecule is COC(=O)N[C@@H](Cc1ccccc1)C(=O)NC(Cc1ccc(NS(=O)(=O)O)cc1)c1csc(-c2sccc2C)n1. The van der Waals surface area contributed by atoms with Crippen molar-refractivity contribution < 1.29 is 27.3 Å². The van der Waals surface area contributed by atoms with Gasteiger partial charge in [-0.05, 0) is 53.6 Å². The second kappa shape index (κ2) is 13.0. The predicted molar refractivity (Wildman–Crippen MR) is 156 cm³/mol. The number of methoxy groups -OCH3 is 1. The summed E-state index contributed by atoms with van der Waals surface area (Å²) in [5, 5.41) is 10.4. The van der Waals surface area contributed by atoms with E-state index in [2.05, 4.69) is 10.6 Å². The molecule has 0 aliphatic rings. The standard InChI is InChI=1S/C27H28N4O6S3/c1-17-12-13-38-24(17)26-29-23(16-39-26)21(14-19-8-10-20(11-9-19)31-40(34,35)36)28-25(32)22(30-27(33)37-2)15-18-6-4-3-5-7-18/h3-13,16,21-22,31H,14-15H2,1-2H3,(H,28,32)(H,30,33)(H,34,35,36)/t21?,22-/m0/s1. The zero-order valence-electron chi connectivity index (χ0n) is 21.7. The lowest BCUT2D eigenvalue weighted by atomic mass is 10.0. The van der Waals surface area contributed by atoms with E-state index >= 15 is 0 Å². The Hall–Kier alpha value is -3.78. The van der Waals surface area contributed by atoms with Gasteiger partial charge in [-0.3, -0.25) is 14.1 Å². The molecule has 13 heteroatoms. The molecule has 0 fully saturated rings. The second-order valence-corrected chi connectivity index (χ2v) is 11.9. The molecule has 2 amide bonds. The number of ether oxygens (including phenoxy) is 1. The summed E-state index contributed by atoms with van der Waals surface area (Å²) in [6, 6.07) is 16.3. The fourth-order valence-corrected chi connectivity index (χ4v) is 6.40. The van der Waals surface area contributed by atoms with E-state index in [1.807, 2.05) is 58.8 Å². The van der Waals surface area contributed by atoms with Crippen molar-refractivity contribution >= 4 is 50.7 Å². The van der Waals surface area contributed by atoms with E-state index in [1.54, 1.807) is 23.5 Å². The highest BCUT2D eigenvalue weighted by molar-refractivity contribution is 7.87. The maximum Gasteiger partial charge on any atom is 0.407 e. The Bertz CT molecular complexity index is 1550. The van der Waals surface area contributed by atoms with E-state index in [-0.39, 0.29) is 12.1 Å². The molecule has 0 saturated heterocycles. The first-order valence-electron chi connectivity index (χ1n) is 12.1. The van der Waals surface area contributed by atoms with Crippen LogP contribution in [0.4, 0.5) is 10.5 Å². The van der Waals surface area contributed by atoms with E-state index < -0.39 is 34.4 Å². The number of aromatic nitrogens is 1. The molecule has 2 aromatic carbocycles. The Kier molecular flexibility index (Phi) is 9.53. The zero-order chi connectivity index (χ0) is 28.7. The van der Waals surface area contributed by atoms with Gasteiger partial charge in [0.1, 0.15) is 11.0 Å². The molecule has 0 radical (unpaired) electrons. The number of alkyl carbamates (subject to hydrolysis) is 1. The first-order chi connectivity index (χ1) is 19.1. The molecule has 10 nitrogen and oxygen atoms in total. The van der Waals surface area contributed by atoms with Gasteiger partial charge in [0.25, 0.3) is 0 Å². The number of carbonyl (C=O) groups is 2. The molecular formula is C27H28N4O6S3. The molecule has 4 rings (SSSR count). The number of nitrogens with zero attached hydrogens (tertiary/aromatic N) is 1. The Morgan fingerprint density at radius 2 is 1.68 bits per heavy atom. The van der Waals surface area contributed by atoms with Gasteiger partial charge in [-0.25, -0.2) is 9.78 Å². The molecule has 2 aromatic heterocycles. The Balaban J connectivity index is 1.61. The van der Waals surface area contributed by atoms with Crippen LogP contribution in [0.3, 0.4) is 0 Å². The van der Waals surface area contributed by atoms with Gasteiger partial charge in [-0.2, -0.15) is 8.42 Å². The minimum atomic E-state index is -4.40. The summed E-state index contributed by atoms with van der Waals surface area (Å²) in [7, 11) is -3.17. The molecule has 0 saturated carbocycles. The topological polar surface area (TPSA) is 147 Å². The van der Waals surface area contributed by atoms with E-state index in [0.29, 0.717) is 12.1 Å². The smallest absolute Gasteiger partial charge is 0.407 e. The summed E-state index contributed by atoms with van der Waals surface area (Å²) in [6.45, 7) is 2.01. The van der Waals surface area contributed by atoms with Gasteiger partial charge in [0.15, 0.2) is 0 Å². The minimum absolute atomic E-state index is 0.196. The number of rotatable bonds is 11. The van der Waals surface area contributed by atoms with Crippen LogP contribution < -0.4 is 15.4 Å². The maximum atomic E-state index is 13.6. The summed E-state index contributed by atoms with van der Waals surface area (Å²) in [6.07, 6.45) is -0.138. The fraction of sp³-hybridized carbons (Fsp3) is 0.222. The predicted octanol–water partition coefficient (Wildman–Crippen LogP) is 4.76. The van der Waals surface area contributed by atoms with E-state index in [0.717, 1.165) is 26.6 Å². The van der Waals surface area contributed by atoms with Crippen LogP contribution in [0.15, 0.2) is 71.4 Å². The quantitative estimate of drug-likeness (QED) is 0.182. The zero-order valence-corrected chi connectivity index (χ0v) is 24.1. The van der Waals surface area contributed by atoms with Crippen molar-refractivity contribution in [2.45, 2.75) is 31.8 Å².